The van der Waals surface area contributed by atoms with E-state index in [0.29, 0.717) is 24.9 Å². The third kappa shape index (κ3) is 2.54. The predicted molar refractivity (Wildman–Crippen MR) is 86.8 cm³/mol. The molecule has 0 bridgehead atoms. The molecular formula is C17H19N3O5. The first-order valence-corrected chi connectivity index (χ1v) is 7.98. The Labute approximate surface area is 144 Å². The van der Waals surface area contributed by atoms with Crippen molar-refractivity contribution in [3.8, 4) is 0 Å². The lowest BCUT2D eigenvalue weighted by molar-refractivity contribution is -0.147. The standard InChI is InChI=1S/C17H19N3O5/c1-16(14(23)24)7-4-8-20(16)12(21)10-5-3-6-11(9-10)17(2)13(22)18-15(25)19-17/h3,5-6,9H,4,7-8H2,1-2H3,(H,23,24)(H2,18,19,22,25). The van der Waals surface area contributed by atoms with Crippen molar-refractivity contribution in [2.75, 3.05) is 6.54 Å². The summed E-state index contributed by atoms with van der Waals surface area (Å²) in [7, 11) is 0. The summed E-state index contributed by atoms with van der Waals surface area (Å²) in [6, 6.07) is 5.75. The quantitative estimate of drug-likeness (QED) is 0.702. The zero-order chi connectivity index (χ0) is 18.4. The number of benzene rings is 1. The fourth-order valence-corrected chi connectivity index (χ4v) is 3.38. The summed E-state index contributed by atoms with van der Waals surface area (Å²) in [4.78, 5) is 49.3. The molecule has 3 N–H and O–H groups in total. The molecule has 2 aliphatic rings. The van der Waals surface area contributed by atoms with Crippen molar-refractivity contribution in [1.82, 2.24) is 15.5 Å². The molecule has 0 aliphatic carbocycles. The highest BCUT2D eigenvalue weighted by Gasteiger charge is 2.47. The number of carboxylic acid groups (broad SMARTS) is 1. The number of urea groups is 1. The number of imide groups is 1. The molecule has 0 radical (unpaired) electrons. The van der Waals surface area contributed by atoms with Crippen molar-refractivity contribution in [2.45, 2.75) is 37.8 Å². The Kier molecular flexibility index (Phi) is 3.78. The van der Waals surface area contributed by atoms with Gasteiger partial charge in [-0.1, -0.05) is 12.1 Å². The van der Waals surface area contributed by atoms with E-state index in [0.717, 1.165) is 0 Å². The number of aliphatic carboxylic acids is 1. The molecule has 0 spiro atoms. The van der Waals surface area contributed by atoms with Crippen LogP contribution in [0.1, 0.15) is 42.6 Å². The lowest BCUT2D eigenvalue weighted by atomic mass is 9.90. The van der Waals surface area contributed by atoms with Crippen molar-refractivity contribution < 1.29 is 24.3 Å². The van der Waals surface area contributed by atoms with Crippen molar-refractivity contribution in [3.63, 3.8) is 0 Å². The van der Waals surface area contributed by atoms with Crippen LogP contribution in [0.25, 0.3) is 0 Å². The van der Waals surface area contributed by atoms with Crippen LogP contribution >= 0.6 is 0 Å². The lowest BCUT2D eigenvalue weighted by Crippen LogP contribution is -2.50. The number of amides is 4. The van der Waals surface area contributed by atoms with Crippen LogP contribution in [0, 0.1) is 0 Å². The second kappa shape index (κ2) is 5.58. The van der Waals surface area contributed by atoms with E-state index in [2.05, 4.69) is 10.6 Å². The molecule has 8 heteroatoms. The monoisotopic (exact) mass is 345 g/mol. The van der Waals surface area contributed by atoms with Gasteiger partial charge in [0.1, 0.15) is 11.1 Å². The van der Waals surface area contributed by atoms with E-state index in [1.165, 1.54) is 17.9 Å². The fraction of sp³-hybridized carbons (Fsp3) is 0.412. The average molecular weight is 345 g/mol. The molecule has 0 aromatic heterocycles. The number of nitrogens with zero attached hydrogens (tertiary/aromatic N) is 1. The van der Waals surface area contributed by atoms with E-state index >= 15 is 0 Å². The van der Waals surface area contributed by atoms with Crippen LogP contribution in [0.3, 0.4) is 0 Å². The first-order valence-electron chi connectivity index (χ1n) is 7.98. The molecule has 2 heterocycles. The van der Waals surface area contributed by atoms with E-state index < -0.39 is 34.9 Å². The first-order chi connectivity index (χ1) is 11.7. The van der Waals surface area contributed by atoms with Crippen LogP contribution in [-0.4, -0.2) is 45.9 Å². The van der Waals surface area contributed by atoms with Gasteiger partial charge in [0.05, 0.1) is 0 Å². The second-order valence-electron chi connectivity index (χ2n) is 6.75. The number of carboxylic acids is 1. The third-order valence-corrected chi connectivity index (χ3v) is 5.08. The smallest absolute Gasteiger partial charge is 0.329 e. The van der Waals surface area contributed by atoms with Crippen LogP contribution in [-0.2, 0) is 15.1 Å². The Morgan fingerprint density at radius 2 is 1.96 bits per heavy atom. The molecule has 2 saturated heterocycles. The Hall–Kier alpha value is -2.90. The number of carbonyl (C=O) groups is 4. The minimum Gasteiger partial charge on any atom is -0.480 e. The zero-order valence-electron chi connectivity index (χ0n) is 14.0. The Balaban J connectivity index is 1.95. The molecule has 2 aliphatic heterocycles. The van der Waals surface area contributed by atoms with Crippen LogP contribution in [0.4, 0.5) is 4.79 Å². The highest BCUT2D eigenvalue weighted by Crippen LogP contribution is 2.32. The van der Waals surface area contributed by atoms with Crippen molar-refractivity contribution in [2.24, 2.45) is 0 Å². The summed E-state index contributed by atoms with van der Waals surface area (Å²) in [6.45, 7) is 3.45. The maximum Gasteiger partial charge on any atom is 0.329 e. The largest absolute Gasteiger partial charge is 0.480 e. The minimum absolute atomic E-state index is 0.280. The van der Waals surface area contributed by atoms with Gasteiger partial charge in [-0.05, 0) is 44.4 Å². The van der Waals surface area contributed by atoms with E-state index in [9.17, 15) is 24.3 Å². The van der Waals surface area contributed by atoms with E-state index in [1.807, 2.05) is 0 Å². The predicted octanol–water partition coefficient (Wildman–Crippen LogP) is 0.821. The van der Waals surface area contributed by atoms with Gasteiger partial charge in [-0.25, -0.2) is 9.59 Å². The number of rotatable bonds is 3. The first kappa shape index (κ1) is 16.9. The molecule has 4 amide bonds. The van der Waals surface area contributed by atoms with Crippen molar-refractivity contribution in [3.05, 3.63) is 35.4 Å². The van der Waals surface area contributed by atoms with Gasteiger partial charge in [0.15, 0.2) is 0 Å². The van der Waals surface area contributed by atoms with E-state index in [1.54, 1.807) is 25.1 Å². The summed E-state index contributed by atoms with van der Waals surface area (Å²) in [6.07, 6.45) is 1.01. The Bertz CT molecular complexity index is 792. The number of likely N-dealkylation sites (tertiary alicyclic amines) is 1. The zero-order valence-corrected chi connectivity index (χ0v) is 14.0. The van der Waals surface area contributed by atoms with Gasteiger partial charge in [-0.15, -0.1) is 0 Å². The third-order valence-electron chi connectivity index (χ3n) is 5.08. The van der Waals surface area contributed by atoms with Crippen LogP contribution in [0.2, 0.25) is 0 Å². The molecule has 132 valence electrons. The van der Waals surface area contributed by atoms with E-state index in [-0.39, 0.29) is 5.56 Å². The Morgan fingerprint density at radius 1 is 1.24 bits per heavy atom. The Morgan fingerprint density at radius 3 is 2.56 bits per heavy atom. The maximum absolute atomic E-state index is 12.9. The molecule has 1 aromatic carbocycles. The number of hydrogen-bond acceptors (Lipinski definition) is 4. The van der Waals surface area contributed by atoms with Gasteiger partial charge >= 0.3 is 12.0 Å². The summed E-state index contributed by atoms with van der Waals surface area (Å²) in [5.74, 6) is -1.94. The molecule has 2 atom stereocenters. The van der Waals surface area contributed by atoms with Gasteiger partial charge in [0, 0.05) is 12.1 Å². The number of nitrogens with one attached hydrogen (secondary N) is 2. The summed E-state index contributed by atoms with van der Waals surface area (Å²) < 4.78 is 0. The lowest BCUT2D eigenvalue weighted by Gasteiger charge is -2.31. The van der Waals surface area contributed by atoms with Crippen molar-refractivity contribution in [1.29, 1.82) is 0 Å². The highest BCUT2D eigenvalue weighted by atomic mass is 16.4. The summed E-state index contributed by atoms with van der Waals surface area (Å²) in [5, 5.41) is 14.2. The minimum atomic E-state index is -1.27. The van der Waals surface area contributed by atoms with Crippen LogP contribution < -0.4 is 10.6 Å². The fourth-order valence-electron chi connectivity index (χ4n) is 3.38. The van der Waals surface area contributed by atoms with Crippen LogP contribution in [0.15, 0.2) is 24.3 Å². The summed E-state index contributed by atoms with van der Waals surface area (Å²) in [5.41, 5.74) is -1.77. The molecule has 2 fully saturated rings. The SMILES string of the molecule is CC1(c2cccc(C(=O)N3CCCC3(C)C(=O)O)c2)NC(=O)NC1=O. The molecule has 2 unspecified atom stereocenters. The maximum atomic E-state index is 12.9. The highest BCUT2D eigenvalue weighted by molar-refractivity contribution is 6.07. The number of carbonyl (C=O) groups excluding carboxylic acids is 3. The van der Waals surface area contributed by atoms with Crippen LogP contribution in [0.5, 0.6) is 0 Å². The molecule has 0 saturated carbocycles. The van der Waals surface area contributed by atoms with Gasteiger partial charge < -0.3 is 15.3 Å². The topological polar surface area (TPSA) is 116 Å². The van der Waals surface area contributed by atoms with Gasteiger partial charge in [0.25, 0.3) is 11.8 Å². The summed E-state index contributed by atoms with van der Waals surface area (Å²) >= 11 is 0. The normalized spacial score (nSPS) is 28.6. The molecule has 25 heavy (non-hydrogen) atoms. The molecule has 8 nitrogen and oxygen atoms in total. The van der Waals surface area contributed by atoms with E-state index in [4.69, 9.17) is 0 Å². The molecule has 3 rings (SSSR count). The van der Waals surface area contributed by atoms with Crippen molar-refractivity contribution >= 4 is 23.8 Å². The van der Waals surface area contributed by atoms with Gasteiger partial charge in [-0.3, -0.25) is 14.9 Å². The molecular weight excluding hydrogens is 326 g/mol. The van der Waals surface area contributed by atoms with Gasteiger partial charge in [-0.2, -0.15) is 0 Å². The number of hydrogen-bond donors (Lipinski definition) is 3. The second-order valence-corrected chi connectivity index (χ2v) is 6.75. The average Bonchev–Trinajstić information content (AvgIpc) is 3.08. The van der Waals surface area contributed by atoms with Gasteiger partial charge in [0.2, 0.25) is 0 Å². The molecule has 1 aromatic rings.